The molecule has 1 aliphatic heterocycles. The molecule has 2 rings (SSSR count). The Kier molecular flexibility index (Phi) is 4.68. The molecule has 2 atom stereocenters. The van der Waals surface area contributed by atoms with Crippen molar-refractivity contribution in [2.75, 3.05) is 6.54 Å². The van der Waals surface area contributed by atoms with Gasteiger partial charge in [-0.2, -0.15) is 0 Å². The standard InChI is InChI=1S/C15H19FN2O/c1-11-10-14(8-9-17-11)18-15(19)7-4-12-2-5-13(16)6-3-12/h2-7,11,14,17H,8-10H2,1H3,(H,18,19)/b7-4+. The number of benzene rings is 1. The van der Waals surface area contributed by atoms with Gasteiger partial charge in [0.15, 0.2) is 0 Å². The Morgan fingerprint density at radius 1 is 1.42 bits per heavy atom. The molecule has 1 saturated heterocycles. The largest absolute Gasteiger partial charge is 0.350 e. The van der Waals surface area contributed by atoms with Crippen molar-refractivity contribution in [3.63, 3.8) is 0 Å². The maximum atomic E-state index is 12.7. The number of carbonyl (C=O) groups is 1. The van der Waals surface area contributed by atoms with Crippen molar-refractivity contribution in [2.24, 2.45) is 0 Å². The lowest BCUT2D eigenvalue weighted by molar-refractivity contribution is -0.117. The monoisotopic (exact) mass is 262 g/mol. The van der Waals surface area contributed by atoms with Crippen LogP contribution in [0.1, 0.15) is 25.3 Å². The van der Waals surface area contributed by atoms with Gasteiger partial charge in [0.25, 0.3) is 0 Å². The van der Waals surface area contributed by atoms with Crippen molar-refractivity contribution in [2.45, 2.75) is 31.8 Å². The molecule has 0 spiro atoms. The molecule has 1 amide bonds. The first kappa shape index (κ1) is 13.7. The molecule has 3 nitrogen and oxygen atoms in total. The van der Waals surface area contributed by atoms with E-state index in [4.69, 9.17) is 0 Å². The molecule has 19 heavy (non-hydrogen) atoms. The lowest BCUT2D eigenvalue weighted by Gasteiger charge is -2.28. The van der Waals surface area contributed by atoms with Gasteiger partial charge in [-0.25, -0.2) is 4.39 Å². The van der Waals surface area contributed by atoms with E-state index in [1.807, 2.05) is 0 Å². The Hall–Kier alpha value is -1.68. The summed E-state index contributed by atoms with van der Waals surface area (Å²) in [5.41, 5.74) is 0.815. The predicted molar refractivity (Wildman–Crippen MR) is 74.1 cm³/mol. The molecule has 2 N–H and O–H groups in total. The topological polar surface area (TPSA) is 41.1 Å². The second-order valence-corrected chi connectivity index (χ2v) is 4.97. The number of piperidine rings is 1. The molecule has 0 radical (unpaired) electrons. The summed E-state index contributed by atoms with van der Waals surface area (Å²) in [6.07, 6.45) is 5.11. The second-order valence-electron chi connectivity index (χ2n) is 4.97. The van der Waals surface area contributed by atoms with Crippen LogP contribution in [0.4, 0.5) is 4.39 Å². The van der Waals surface area contributed by atoms with E-state index in [2.05, 4.69) is 17.6 Å². The summed E-state index contributed by atoms with van der Waals surface area (Å²) < 4.78 is 12.7. The van der Waals surface area contributed by atoms with E-state index in [0.717, 1.165) is 24.9 Å². The third-order valence-corrected chi connectivity index (χ3v) is 3.27. The highest BCUT2D eigenvalue weighted by atomic mass is 19.1. The zero-order valence-electron chi connectivity index (χ0n) is 11.0. The fourth-order valence-electron chi connectivity index (χ4n) is 2.26. The minimum Gasteiger partial charge on any atom is -0.350 e. The molecule has 0 bridgehead atoms. The number of carbonyl (C=O) groups excluding carboxylic acids is 1. The molecule has 0 aromatic heterocycles. The van der Waals surface area contributed by atoms with E-state index in [1.165, 1.54) is 18.2 Å². The summed E-state index contributed by atoms with van der Waals surface area (Å²) in [5.74, 6) is -0.367. The molecule has 102 valence electrons. The molecule has 1 heterocycles. The SMILES string of the molecule is CC1CC(NC(=O)/C=C/c2ccc(F)cc2)CCN1. The highest BCUT2D eigenvalue weighted by Gasteiger charge is 2.18. The van der Waals surface area contributed by atoms with Gasteiger partial charge >= 0.3 is 0 Å². The van der Waals surface area contributed by atoms with Crippen molar-refractivity contribution >= 4 is 12.0 Å². The van der Waals surface area contributed by atoms with Crippen molar-refractivity contribution in [3.05, 3.63) is 41.7 Å². The Labute approximate surface area is 112 Å². The van der Waals surface area contributed by atoms with Crippen molar-refractivity contribution in [1.29, 1.82) is 0 Å². The predicted octanol–water partition coefficient (Wildman–Crippen LogP) is 2.10. The molecule has 2 unspecified atom stereocenters. The fraction of sp³-hybridized carbons (Fsp3) is 0.400. The Bertz CT molecular complexity index is 456. The normalized spacial score (nSPS) is 23.5. The van der Waals surface area contributed by atoms with Crippen LogP contribution < -0.4 is 10.6 Å². The summed E-state index contributed by atoms with van der Waals surface area (Å²) in [5, 5.41) is 6.33. The quantitative estimate of drug-likeness (QED) is 0.819. The first-order valence-corrected chi connectivity index (χ1v) is 6.61. The van der Waals surface area contributed by atoms with Crippen LogP contribution >= 0.6 is 0 Å². The number of nitrogens with one attached hydrogen (secondary N) is 2. The van der Waals surface area contributed by atoms with Crippen LogP contribution in [0.2, 0.25) is 0 Å². The van der Waals surface area contributed by atoms with Crippen LogP contribution in [0.25, 0.3) is 6.08 Å². The van der Waals surface area contributed by atoms with E-state index >= 15 is 0 Å². The van der Waals surface area contributed by atoms with E-state index < -0.39 is 0 Å². The van der Waals surface area contributed by atoms with Gasteiger partial charge in [0.05, 0.1) is 0 Å². The Morgan fingerprint density at radius 2 is 2.16 bits per heavy atom. The average Bonchev–Trinajstić information content (AvgIpc) is 2.38. The van der Waals surface area contributed by atoms with Crippen LogP contribution in [0.3, 0.4) is 0 Å². The summed E-state index contributed by atoms with van der Waals surface area (Å²) >= 11 is 0. The van der Waals surface area contributed by atoms with Crippen molar-refractivity contribution < 1.29 is 9.18 Å². The van der Waals surface area contributed by atoms with E-state index in [0.29, 0.717) is 6.04 Å². The van der Waals surface area contributed by atoms with E-state index in [-0.39, 0.29) is 17.8 Å². The van der Waals surface area contributed by atoms with E-state index in [1.54, 1.807) is 18.2 Å². The van der Waals surface area contributed by atoms with Crippen LogP contribution in [0, 0.1) is 5.82 Å². The zero-order valence-corrected chi connectivity index (χ0v) is 11.0. The molecule has 1 fully saturated rings. The molecule has 1 aromatic carbocycles. The minimum atomic E-state index is -0.273. The number of halogens is 1. The third kappa shape index (κ3) is 4.48. The highest BCUT2D eigenvalue weighted by molar-refractivity contribution is 5.91. The summed E-state index contributed by atoms with van der Waals surface area (Å²) in [6, 6.07) is 6.73. The van der Waals surface area contributed by atoms with E-state index in [9.17, 15) is 9.18 Å². The van der Waals surface area contributed by atoms with Gasteiger partial charge in [0.2, 0.25) is 5.91 Å². The molecule has 0 saturated carbocycles. The second kappa shape index (κ2) is 6.48. The highest BCUT2D eigenvalue weighted by Crippen LogP contribution is 2.08. The lowest BCUT2D eigenvalue weighted by Crippen LogP contribution is -2.46. The van der Waals surface area contributed by atoms with Gasteiger partial charge in [-0.15, -0.1) is 0 Å². The number of hydrogen-bond acceptors (Lipinski definition) is 2. The van der Waals surface area contributed by atoms with Crippen LogP contribution in [-0.4, -0.2) is 24.5 Å². The van der Waals surface area contributed by atoms with Crippen LogP contribution in [0.15, 0.2) is 30.3 Å². The van der Waals surface area contributed by atoms with Gasteiger partial charge in [0, 0.05) is 18.2 Å². The smallest absolute Gasteiger partial charge is 0.244 e. The third-order valence-electron chi connectivity index (χ3n) is 3.27. The fourth-order valence-corrected chi connectivity index (χ4v) is 2.26. The summed E-state index contributed by atoms with van der Waals surface area (Å²) in [4.78, 5) is 11.8. The molecular formula is C15H19FN2O. The number of rotatable bonds is 3. The number of amides is 1. The van der Waals surface area contributed by atoms with Gasteiger partial charge in [-0.05, 0) is 50.1 Å². The maximum Gasteiger partial charge on any atom is 0.244 e. The summed E-state index contributed by atoms with van der Waals surface area (Å²) in [7, 11) is 0. The van der Waals surface area contributed by atoms with Crippen molar-refractivity contribution in [1.82, 2.24) is 10.6 Å². The van der Waals surface area contributed by atoms with Gasteiger partial charge in [-0.3, -0.25) is 4.79 Å². The molecular weight excluding hydrogens is 243 g/mol. The zero-order chi connectivity index (χ0) is 13.7. The minimum absolute atomic E-state index is 0.0941. The molecule has 1 aromatic rings. The van der Waals surface area contributed by atoms with Gasteiger partial charge in [0.1, 0.15) is 5.82 Å². The first-order chi connectivity index (χ1) is 9.13. The number of hydrogen-bond donors (Lipinski definition) is 2. The summed E-state index contributed by atoms with van der Waals surface area (Å²) in [6.45, 7) is 3.06. The Balaban J connectivity index is 1.85. The maximum absolute atomic E-state index is 12.7. The van der Waals surface area contributed by atoms with Crippen LogP contribution in [-0.2, 0) is 4.79 Å². The molecule has 1 aliphatic rings. The van der Waals surface area contributed by atoms with Gasteiger partial charge in [-0.1, -0.05) is 12.1 Å². The van der Waals surface area contributed by atoms with Crippen LogP contribution in [0.5, 0.6) is 0 Å². The average molecular weight is 262 g/mol. The molecule has 0 aliphatic carbocycles. The molecule has 4 heteroatoms. The Morgan fingerprint density at radius 3 is 2.84 bits per heavy atom. The first-order valence-electron chi connectivity index (χ1n) is 6.61. The van der Waals surface area contributed by atoms with Crippen molar-refractivity contribution in [3.8, 4) is 0 Å². The lowest BCUT2D eigenvalue weighted by atomic mass is 10.0. The van der Waals surface area contributed by atoms with Gasteiger partial charge < -0.3 is 10.6 Å².